The van der Waals surface area contributed by atoms with E-state index in [-0.39, 0.29) is 11.6 Å². The minimum atomic E-state index is -0.0826. The van der Waals surface area contributed by atoms with Crippen LogP contribution in [0.2, 0.25) is 0 Å². The summed E-state index contributed by atoms with van der Waals surface area (Å²) in [7, 11) is 1.68. The van der Waals surface area contributed by atoms with Crippen molar-refractivity contribution in [3.05, 3.63) is 36.4 Å². The molecule has 1 atom stereocenters. The maximum atomic E-state index is 6.14. The highest BCUT2D eigenvalue weighted by molar-refractivity contribution is 5.62. The molecule has 0 saturated carbocycles. The second-order valence-electron chi connectivity index (χ2n) is 5.75. The number of nitrogens with zero attached hydrogens (tertiary/aromatic N) is 1. The van der Waals surface area contributed by atoms with Gasteiger partial charge in [-0.2, -0.15) is 0 Å². The summed E-state index contributed by atoms with van der Waals surface area (Å²) in [6.45, 7) is 13.2. The lowest BCUT2D eigenvalue weighted by atomic mass is 9.99. The molecule has 0 fully saturated rings. The normalized spacial score (nSPS) is 12.9. The van der Waals surface area contributed by atoms with Crippen LogP contribution in [0.4, 0.5) is 5.69 Å². The number of nitrogens with two attached hydrogens (primary N) is 1. The Labute approximate surface area is 117 Å². The Hall–Kier alpha value is -1.48. The summed E-state index contributed by atoms with van der Waals surface area (Å²) in [5, 5.41) is 0. The van der Waals surface area contributed by atoms with Crippen LogP contribution >= 0.6 is 0 Å². The summed E-state index contributed by atoms with van der Waals surface area (Å²) in [5.41, 5.74) is 8.28. The van der Waals surface area contributed by atoms with Crippen molar-refractivity contribution in [2.24, 2.45) is 5.73 Å². The van der Waals surface area contributed by atoms with Crippen molar-refractivity contribution >= 4 is 5.69 Å². The molecule has 3 heteroatoms. The smallest absolute Gasteiger partial charge is 0.125 e. The number of anilines is 1. The Bertz CT molecular complexity index is 433. The van der Waals surface area contributed by atoms with Crippen LogP contribution in [-0.2, 0) is 0 Å². The van der Waals surface area contributed by atoms with Gasteiger partial charge in [-0.15, -0.1) is 6.58 Å². The lowest BCUT2D eigenvalue weighted by Crippen LogP contribution is -2.42. The van der Waals surface area contributed by atoms with Gasteiger partial charge < -0.3 is 15.4 Å². The van der Waals surface area contributed by atoms with Gasteiger partial charge in [-0.05, 0) is 39.8 Å². The number of methoxy groups -OCH3 is 1. The number of hydrogen-bond donors (Lipinski definition) is 1. The predicted octanol–water partition coefficient (Wildman–Crippen LogP) is 3.51. The van der Waals surface area contributed by atoms with Crippen LogP contribution in [0.3, 0.4) is 0 Å². The molecule has 0 bridgehead atoms. The van der Waals surface area contributed by atoms with Crippen LogP contribution in [0.15, 0.2) is 30.9 Å². The molecule has 0 saturated heterocycles. The van der Waals surface area contributed by atoms with Crippen LogP contribution in [0.1, 0.15) is 39.3 Å². The summed E-state index contributed by atoms with van der Waals surface area (Å²) in [4.78, 5) is 2.29. The quantitative estimate of drug-likeness (QED) is 0.825. The Morgan fingerprint density at radius 3 is 2.47 bits per heavy atom. The largest absolute Gasteiger partial charge is 0.496 e. The van der Waals surface area contributed by atoms with Crippen LogP contribution in [0.5, 0.6) is 5.75 Å². The number of hydrogen-bond acceptors (Lipinski definition) is 3. The first kappa shape index (κ1) is 15.6. The van der Waals surface area contributed by atoms with Gasteiger partial charge in [0.15, 0.2) is 0 Å². The van der Waals surface area contributed by atoms with Gasteiger partial charge in [-0.3, -0.25) is 0 Å². The monoisotopic (exact) mass is 262 g/mol. The second kappa shape index (κ2) is 6.11. The van der Waals surface area contributed by atoms with E-state index in [9.17, 15) is 0 Å². The van der Waals surface area contributed by atoms with E-state index in [0.29, 0.717) is 0 Å². The summed E-state index contributed by atoms with van der Waals surface area (Å²) < 4.78 is 5.46. The standard InChI is InChI=1S/C16H26N2O/c1-7-11-18(16(3,4)5)13-9-8-10-14(19-6)15(13)12(2)17/h7-10,12H,1,11,17H2,2-6H3/t12-/m1/s1. The van der Waals surface area contributed by atoms with Gasteiger partial charge in [-0.1, -0.05) is 12.1 Å². The third kappa shape index (κ3) is 3.51. The van der Waals surface area contributed by atoms with E-state index in [1.165, 1.54) is 0 Å². The van der Waals surface area contributed by atoms with Gasteiger partial charge in [0.05, 0.1) is 7.11 Å². The molecule has 1 rings (SSSR count). The van der Waals surface area contributed by atoms with Crippen LogP contribution in [0.25, 0.3) is 0 Å². The fourth-order valence-electron chi connectivity index (χ4n) is 2.27. The molecule has 0 aliphatic rings. The first-order valence-electron chi connectivity index (χ1n) is 6.64. The van der Waals surface area contributed by atoms with Gasteiger partial charge in [0.2, 0.25) is 0 Å². The van der Waals surface area contributed by atoms with Crippen molar-refractivity contribution in [1.29, 1.82) is 0 Å². The third-order valence-corrected chi connectivity index (χ3v) is 3.13. The van der Waals surface area contributed by atoms with Gasteiger partial charge >= 0.3 is 0 Å². The molecule has 0 aliphatic heterocycles. The van der Waals surface area contributed by atoms with Crippen molar-refractivity contribution in [2.75, 3.05) is 18.6 Å². The molecular weight excluding hydrogens is 236 g/mol. The van der Waals surface area contributed by atoms with E-state index in [4.69, 9.17) is 10.5 Å². The fraction of sp³-hybridized carbons (Fsp3) is 0.500. The van der Waals surface area contributed by atoms with E-state index in [1.807, 2.05) is 25.1 Å². The lowest BCUT2D eigenvalue weighted by Gasteiger charge is -2.39. The molecule has 0 aromatic heterocycles. The van der Waals surface area contributed by atoms with Crippen LogP contribution in [-0.4, -0.2) is 19.2 Å². The molecule has 2 N–H and O–H groups in total. The Kier molecular flexibility index (Phi) is 5.01. The zero-order chi connectivity index (χ0) is 14.6. The van der Waals surface area contributed by atoms with Crippen molar-refractivity contribution in [1.82, 2.24) is 0 Å². The van der Waals surface area contributed by atoms with E-state index in [2.05, 4.69) is 38.3 Å². The predicted molar refractivity (Wildman–Crippen MR) is 82.9 cm³/mol. The molecule has 1 aromatic carbocycles. The summed E-state index contributed by atoms with van der Waals surface area (Å²) in [6, 6.07) is 5.97. The molecule has 0 heterocycles. The highest BCUT2D eigenvalue weighted by Gasteiger charge is 2.25. The molecule has 0 unspecified atom stereocenters. The summed E-state index contributed by atoms with van der Waals surface area (Å²) >= 11 is 0. The lowest BCUT2D eigenvalue weighted by molar-refractivity contribution is 0.406. The van der Waals surface area contributed by atoms with E-state index in [0.717, 1.165) is 23.5 Å². The zero-order valence-electron chi connectivity index (χ0n) is 12.7. The topological polar surface area (TPSA) is 38.5 Å². The number of ether oxygens (including phenoxy) is 1. The summed E-state index contributed by atoms with van der Waals surface area (Å²) in [5.74, 6) is 0.839. The van der Waals surface area contributed by atoms with Gasteiger partial charge in [-0.25, -0.2) is 0 Å². The highest BCUT2D eigenvalue weighted by Crippen LogP contribution is 2.36. The maximum Gasteiger partial charge on any atom is 0.125 e. The Morgan fingerprint density at radius 1 is 1.42 bits per heavy atom. The molecular formula is C16H26N2O. The number of rotatable bonds is 5. The molecule has 19 heavy (non-hydrogen) atoms. The van der Waals surface area contributed by atoms with Crippen LogP contribution in [0, 0.1) is 0 Å². The first-order chi connectivity index (χ1) is 8.82. The average Bonchev–Trinajstić information content (AvgIpc) is 2.33. The van der Waals surface area contributed by atoms with Gasteiger partial charge in [0, 0.05) is 29.4 Å². The Morgan fingerprint density at radius 2 is 2.05 bits per heavy atom. The van der Waals surface area contributed by atoms with Crippen molar-refractivity contribution in [3.8, 4) is 5.75 Å². The molecule has 0 spiro atoms. The van der Waals surface area contributed by atoms with Crippen LogP contribution < -0.4 is 15.4 Å². The molecule has 0 amide bonds. The molecule has 0 radical (unpaired) electrons. The molecule has 1 aromatic rings. The van der Waals surface area contributed by atoms with Crippen molar-refractivity contribution < 1.29 is 4.74 Å². The minimum absolute atomic E-state index is 0.00973. The average molecular weight is 262 g/mol. The third-order valence-electron chi connectivity index (χ3n) is 3.13. The SMILES string of the molecule is C=CCN(c1cccc(OC)c1[C@@H](C)N)C(C)(C)C. The highest BCUT2D eigenvalue weighted by atomic mass is 16.5. The van der Waals surface area contributed by atoms with E-state index in [1.54, 1.807) is 7.11 Å². The minimum Gasteiger partial charge on any atom is -0.496 e. The van der Waals surface area contributed by atoms with Crippen molar-refractivity contribution in [2.45, 2.75) is 39.3 Å². The molecule has 0 aliphatic carbocycles. The van der Waals surface area contributed by atoms with E-state index >= 15 is 0 Å². The Balaban J connectivity index is 3.41. The van der Waals surface area contributed by atoms with Gasteiger partial charge in [0.25, 0.3) is 0 Å². The van der Waals surface area contributed by atoms with E-state index < -0.39 is 0 Å². The maximum absolute atomic E-state index is 6.14. The molecule has 3 nitrogen and oxygen atoms in total. The zero-order valence-corrected chi connectivity index (χ0v) is 12.7. The fourth-order valence-corrected chi connectivity index (χ4v) is 2.27. The number of benzene rings is 1. The van der Waals surface area contributed by atoms with Crippen molar-refractivity contribution in [3.63, 3.8) is 0 Å². The first-order valence-corrected chi connectivity index (χ1v) is 6.64. The summed E-state index contributed by atoms with van der Waals surface area (Å²) in [6.07, 6.45) is 1.91. The van der Waals surface area contributed by atoms with Gasteiger partial charge in [0.1, 0.15) is 5.75 Å². The second-order valence-corrected chi connectivity index (χ2v) is 5.75. The molecule has 106 valence electrons.